The van der Waals surface area contributed by atoms with Crippen LogP contribution in [0.2, 0.25) is 5.02 Å². The van der Waals surface area contributed by atoms with E-state index in [1.807, 2.05) is 0 Å². The third-order valence-corrected chi connectivity index (χ3v) is 3.39. The number of halogens is 3. The van der Waals surface area contributed by atoms with Crippen LogP contribution in [0, 0.1) is 11.6 Å². The molecule has 0 atom stereocenters. The molecule has 0 aliphatic rings. The molecular weight excluding hydrogens is 324 g/mol. The molecule has 4 nitrogen and oxygen atoms in total. The smallest absolute Gasteiger partial charge is 0.287 e. The van der Waals surface area contributed by atoms with E-state index in [1.165, 1.54) is 6.07 Å². The Hall–Kier alpha value is -2.73. The van der Waals surface area contributed by atoms with Gasteiger partial charge in [-0.3, -0.25) is 4.79 Å². The number of hydrazone groups is 1. The summed E-state index contributed by atoms with van der Waals surface area (Å²) in [4.78, 5) is 14.9. The second kappa shape index (κ2) is 6.18. The maximum atomic E-state index is 13.4. The lowest BCUT2D eigenvalue weighted by Gasteiger charge is -1.98. The number of amides is 1. The zero-order valence-electron chi connectivity index (χ0n) is 11.6. The van der Waals surface area contributed by atoms with Crippen LogP contribution in [0.3, 0.4) is 0 Å². The Morgan fingerprint density at radius 1 is 1.17 bits per heavy atom. The molecule has 0 aliphatic carbocycles. The van der Waals surface area contributed by atoms with Crippen molar-refractivity contribution in [1.82, 2.24) is 10.4 Å². The van der Waals surface area contributed by atoms with Crippen LogP contribution in [-0.2, 0) is 0 Å². The molecule has 116 valence electrons. The molecule has 2 N–H and O–H groups in total. The van der Waals surface area contributed by atoms with Gasteiger partial charge in [0.05, 0.1) is 6.21 Å². The van der Waals surface area contributed by atoms with Crippen molar-refractivity contribution in [3.05, 3.63) is 70.4 Å². The maximum Gasteiger partial charge on any atom is 0.287 e. The van der Waals surface area contributed by atoms with Gasteiger partial charge >= 0.3 is 0 Å². The first-order chi connectivity index (χ1) is 11.0. The summed E-state index contributed by atoms with van der Waals surface area (Å²) in [5.74, 6) is -1.93. The summed E-state index contributed by atoms with van der Waals surface area (Å²) in [5, 5.41) is 5.01. The van der Waals surface area contributed by atoms with Gasteiger partial charge in [-0.1, -0.05) is 11.6 Å². The number of nitrogens with one attached hydrogen (secondary N) is 2. The number of benzene rings is 2. The number of rotatable bonds is 3. The van der Waals surface area contributed by atoms with Crippen LogP contribution in [0.4, 0.5) is 8.78 Å². The van der Waals surface area contributed by atoms with Gasteiger partial charge in [0.25, 0.3) is 5.91 Å². The molecule has 1 amide bonds. The van der Waals surface area contributed by atoms with Gasteiger partial charge in [-0.15, -0.1) is 0 Å². The summed E-state index contributed by atoms with van der Waals surface area (Å²) in [6.07, 6.45) is 1.10. The number of carbonyl (C=O) groups excluding carboxylic acids is 1. The molecule has 23 heavy (non-hydrogen) atoms. The molecule has 1 heterocycles. The van der Waals surface area contributed by atoms with Crippen LogP contribution in [0.1, 0.15) is 16.1 Å². The number of nitrogens with zero attached hydrogens (tertiary/aromatic N) is 1. The maximum absolute atomic E-state index is 13.4. The Kier molecular flexibility index (Phi) is 4.08. The first-order valence-corrected chi connectivity index (χ1v) is 6.97. The molecule has 0 unspecified atom stereocenters. The van der Waals surface area contributed by atoms with Crippen LogP contribution >= 0.6 is 11.6 Å². The number of hydrogen-bond donors (Lipinski definition) is 2. The number of aromatic amines is 1. The molecule has 2 aromatic carbocycles. The number of H-pyrrole nitrogens is 1. The molecule has 0 radical (unpaired) electrons. The van der Waals surface area contributed by atoms with Crippen LogP contribution in [0.15, 0.2) is 47.6 Å². The predicted molar refractivity (Wildman–Crippen MR) is 84.7 cm³/mol. The lowest BCUT2D eigenvalue weighted by atomic mass is 10.2. The topological polar surface area (TPSA) is 57.2 Å². The van der Waals surface area contributed by atoms with Gasteiger partial charge in [0.15, 0.2) is 0 Å². The molecule has 3 rings (SSSR count). The minimum atomic E-state index is -0.761. The summed E-state index contributed by atoms with van der Waals surface area (Å²) in [7, 11) is 0. The van der Waals surface area contributed by atoms with Gasteiger partial charge in [-0.05, 0) is 36.4 Å². The van der Waals surface area contributed by atoms with E-state index in [-0.39, 0.29) is 5.56 Å². The first-order valence-electron chi connectivity index (χ1n) is 6.59. The Morgan fingerprint density at radius 3 is 2.78 bits per heavy atom. The monoisotopic (exact) mass is 333 g/mol. The molecule has 1 aromatic heterocycles. The van der Waals surface area contributed by atoms with Crippen molar-refractivity contribution in [3.63, 3.8) is 0 Å². The summed E-state index contributed by atoms with van der Waals surface area (Å²) in [6, 6.07) is 9.89. The van der Waals surface area contributed by atoms with Crippen LogP contribution in [0.5, 0.6) is 0 Å². The summed E-state index contributed by atoms with van der Waals surface area (Å²) in [6.45, 7) is 0. The number of carbonyl (C=O) groups is 1. The van der Waals surface area contributed by atoms with Gasteiger partial charge in [-0.2, -0.15) is 5.10 Å². The van der Waals surface area contributed by atoms with E-state index in [1.54, 1.807) is 24.3 Å². The van der Waals surface area contributed by atoms with E-state index in [4.69, 9.17) is 11.6 Å². The highest BCUT2D eigenvalue weighted by Crippen LogP contribution is 2.20. The van der Waals surface area contributed by atoms with Crippen LogP contribution in [-0.4, -0.2) is 17.1 Å². The van der Waals surface area contributed by atoms with Gasteiger partial charge in [-0.25, -0.2) is 14.2 Å². The first kappa shape index (κ1) is 15.2. The van der Waals surface area contributed by atoms with E-state index in [0.29, 0.717) is 10.7 Å². The third kappa shape index (κ3) is 3.37. The Bertz CT molecular complexity index is 921. The highest BCUT2D eigenvalue weighted by Gasteiger charge is 2.09. The Balaban J connectivity index is 1.74. The normalized spacial score (nSPS) is 11.3. The van der Waals surface area contributed by atoms with Crippen molar-refractivity contribution in [3.8, 4) is 0 Å². The minimum absolute atomic E-state index is 0.0649. The fraction of sp³-hybridized carbons (Fsp3) is 0. The second-order valence-corrected chi connectivity index (χ2v) is 5.22. The van der Waals surface area contributed by atoms with E-state index >= 15 is 0 Å². The highest BCUT2D eigenvalue weighted by molar-refractivity contribution is 6.31. The molecule has 0 bridgehead atoms. The van der Waals surface area contributed by atoms with Crippen molar-refractivity contribution in [2.75, 3.05) is 0 Å². The quantitative estimate of drug-likeness (QED) is 0.555. The van der Waals surface area contributed by atoms with Crippen molar-refractivity contribution in [1.29, 1.82) is 0 Å². The minimum Gasteiger partial charge on any atom is -0.350 e. The van der Waals surface area contributed by atoms with Gasteiger partial charge in [0.1, 0.15) is 17.3 Å². The molecule has 0 spiro atoms. The van der Waals surface area contributed by atoms with E-state index in [2.05, 4.69) is 15.5 Å². The van der Waals surface area contributed by atoms with Crippen molar-refractivity contribution >= 4 is 34.6 Å². The summed E-state index contributed by atoms with van der Waals surface area (Å²) in [5.41, 5.74) is 3.38. The van der Waals surface area contributed by atoms with E-state index < -0.39 is 17.5 Å². The standard InChI is InChI=1S/C16H10ClF2N3O/c17-11-2-4-14-10(5-11)6-15(21-14)16(23)22-20-8-9-1-3-12(18)7-13(9)19/h1-8,21H,(H,22,23)/b20-8+. The van der Waals surface area contributed by atoms with Crippen LogP contribution in [0.25, 0.3) is 10.9 Å². The zero-order chi connectivity index (χ0) is 16.4. The fourth-order valence-corrected chi connectivity index (χ4v) is 2.23. The molecule has 0 fully saturated rings. The molecule has 0 saturated carbocycles. The second-order valence-electron chi connectivity index (χ2n) is 4.78. The van der Waals surface area contributed by atoms with E-state index in [0.717, 1.165) is 29.3 Å². The average molecular weight is 334 g/mol. The van der Waals surface area contributed by atoms with Gasteiger partial charge in [0.2, 0.25) is 0 Å². The predicted octanol–water partition coefficient (Wildman–Crippen LogP) is 3.86. The van der Waals surface area contributed by atoms with Crippen LogP contribution < -0.4 is 5.43 Å². The van der Waals surface area contributed by atoms with Crippen molar-refractivity contribution in [2.24, 2.45) is 5.10 Å². The number of aromatic nitrogens is 1. The SMILES string of the molecule is O=C(N/N=C/c1ccc(F)cc1F)c1cc2cc(Cl)ccc2[nH]1. The largest absolute Gasteiger partial charge is 0.350 e. The van der Waals surface area contributed by atoms with Crippen molar-refractivity contribution < 1.29 is 13.6 Å². The molecular formula is C16H10ClF2N3O. The molecule has 3 aromatic rings. The molecule has 0 aliphatic heterocycles. The van der Waals surface area contributed by atoms with Gasteiger partial charge < -0.3 is 4.98 Å². The highest BCUT2D eigenvalue weighted by atomic mass is 35.5. The van der Waals surface area contributed by atoms with E-state index in [9.17, 15) is 13.6 Å². The molecule has 0 saturated heterocycles. The average Bonchev–Trinajstić information content (AvgIpc) is 2.92. The lowest BCUT2D eigenvalue weighted by Crippen LogP contribution is -2.18. The van der Waals surface area contributed by atoms with Gasteiger partial charge in [0, 0.05) is 27.6 Å². The zero-order valence-corrected chi connectivity index (χ0v) is 12.4. The molecule has 7 heteroatoms. The number of hydrogen-bond acceptors (Lipinski definition) is 2. The summed E-state index contributed by atoms with van der Waals surface area (Å²) < 4.78 is 26.2. The number of fused-ring (bicyclic) bond motifs is 1. The third-order valence-electron chi connectivity index (χ3n) is 3.16. The Labute approximate surface area is 134 Å². The van der Waals surface area contributed by atoms with Crippen molar-refractivity contribution in [2.45, 2.75) is 0 Å². The fourth-order valence-electron chi connectivity index (χ4n) is 2.05. The Morgan fingerprint density at radius 2 is 2.00 bits per heavy atom. The lowest BCUT2D eigenvalue weighted by molar-refractivity contribution is 0.0951. The summed E-state index contributed by atoms with van der Waals surface area (Å²) >= 11 is 5.88.